The first-order chi connectivity index (χ1) is 9.37. The molecular formula is C12H20F3N3OS. The van der Waals surface area contributed by atoms with Gasteiger partial charge in [-0.1, -0.05) is 6.92 Å². The molecule has 0 radical (unpaired) electrons. The summed E-state index contributed by atoms with van der Waals surface area (Å²) in [6.07, 6.45) is -3.51. The molecule has 1 heterocycles. The van der Waals surface area contributed by atoms with Crippen molar-refractivity contribution in [1.29, 1.82) is 0 Å². The fourth-order valence-corrected chi connectivity index (χ4v) is 2.74. The molecule has 0 saturated carbocycles. The van der Waals surface area contributed by atoms with Gasteiger partial charge in [0.05, 0.1) is 12.3 Å². The topological polar surface area (TPSA) is 37.4 Å². The monoisotopic (exact) mass is 311 g/mol. The molecule has 0 aliphatic heterocycles. The van der Waals surface area contributed by atoms with Gasteiger partial charge in [-0.05, 0) is 6.42 Å². The van der Waals surface area contributed by atoms with Crippen LogP contribution in [0.1, 0.15) is 17.5 Å². The lowest BCUT2D eigenvalue weighted by atomic mass is 10.3. The Bertz CT molecular complexity index is 409. The summed E-state index contributed by atoms with van der Waals surface area (Å²) < 4.78 is 42.1. The van der Waals surface area contributed by atoms with Crippen LogP contribution in [0.5, 0.6) is 0 Å². The minimum Gasteiger partial charge on any atom is -0.383 e. The van der Waals surface area contributed by atoms with Gasteiger partial charge in [0.1, 0.15) is 6.54 Å². The number of rotatable bonds is 8. The summed E-state index contributed by atoms with van der Waals surface area (Å²) in [4.78, 5) is 6.41. The summed E-state index contributed by atoms with van der Waals surface area (Å²) >= 11 is 1.30. The Morgan fingerprint density at radius 3 is 2.65 bits per heavy atom. The van der Waals surface area contributed by atoms with Gasteiger partial charge in [0.2, 0.25) is 0 Å². The van der Waals surface area contributed by atoms with Crippen LogP contribution in [0, 0.1) is 0 Å². The van der Waals surface area contributed by atoms with Crippen molar-refractivity contribution < 1.29 is 17.9 Å². The molecule has 0 amide bonds. The molecule has 0 unspecified atom stereocenters. The van der Waals surface area contributed by atoms with Crippen LogP contribution in [0.25, 0.3) is 0 Å². The number of hydrogen-bond donors (Lipinski definition) is 1. The van der Waals surface area contributed by atoms with E-state index in [9.17, 15) is 13.2 Å². The molecule has 1 rings (SSSR count). The van der Waals surface area contributed by atoms with E-state index < -0.39 is 12.7 Å². The van der Waals surface area contributed by atoms with Crippen LogP contribution in [0.2, 0.25) is 0 Å². The first-order valence-corrected chi connectivity index (χ1v) is 7.15. The second-order valence-corrected chi connectivity index (χ2v) is 5.42. The average molecular weight is 311 g/mol. The van der Waals surface area contributed by atoms with Gasteiger partial charge in [0, 0.05) is 32.1 Å². The van der Waals surface area contributed by atoms with E-state index in [1.54, 1.807) is 7.11 Å². The highest BCUT2D eigenvalue weighted by Crippen LogP contribution is 2.28. The van der Waals surface area contributed by atoms with Crippen molar-refractivity contribution in [2.75, 3.05) is 38.8 Å². The molecule has 0 fully saturated rings. The first-order valence-electron chi connectivity index (χ1n) is 6.33. The quantitative estimate of drug-likeness (QED) is 0.748. The van der Waals surface area contributed by atoms with E-state index in [1.807, 2.05) is 6.92 Å². The number of aryl methyl sites for hydroxylation is 1. The number of anilines is 1. The highest BCUT2D eigenvalue weighted by molar-refractivity contribution is 7.15. The molecule has 0 aliphatic rings. The van der Waals surface area contributed by atoms with Crippen LogP contribution in [0.4, 0.5) is 18.3 Å². The maximum Gasteiger partial charge on any atom is 0.405 e. The van der Waals surface area contributed by atoms with Gasteiger partial charge >= 0.3 is 6.18 Å². The Morgan fingerprint density at radius 1 is 1.40 bits per heavy atom. The van der Waals surface area contributed by atoms with Crippen molar-refractivity contribution in [1.82, 2.24) is 10.3 Å². The predicted octanol–water partition coefficient (Wildman–Crippen LogP) is 2.44. The van der Waals surface area contributed by atoms with Crippen LogP contribution in [-0.2, 0) is 17.7 Å². The van der Waals surface area contributed by atoms with Crippen molar-refractivity contribution in [3.8, 4) is 0 Å². The van der Waals surface area contributed by atoms with Crippen molar-refractivity contribution in [3.63, 3.8) is 0 Å². The number of nitrogens with one attached hydrogen (secondary N) is 1. The van der Waals surface area contributed by atoms with E-state index in [1.165, 1.54) is 18.4 Å². The number of thiazole rings is 1. The van der Waals surface area contributed by atoms with Gasteiger partial charge in [0.15, 0.2) is 5.13 Å². The molecule has 20 heavy (non-hydrogen) atoms. The fourth-order valence-electron chi connectivity index (χ4n) is 1.66. The molecule has 0 saturated heterocycles. The normalized spacial score (nSPS) is 11.9. The number of ether oxygens (including phenoxy) is 1. The SMILES string of the molecule is CCc1nc(N(C)CC(F)(F)F)sc1CNCCOC. The maximum absolute atomic E-state index is 12.4. The van der Waals surface area contributed by atoms with Crippen molar-refractivity contribution >= 4 is 16.5 Å². The minimum absolute atomic E-state index is 0.405. The van der Waals surface area contributed by atoms with E-state index in [0.717, 1.165) is 15.5 Å². The van der Waals surface area contributed by atoms with Gasteiger partial charge < -0.3 is 15.0 Å². The second kappa shape index (κ2) is 7.80. The average Bonchev–Trinajstić information content (AvgIpc) is 2.76. The van der Waals surface area contributed by atoms with E-state index in [0.29, 0.717) is 31.2 Å². The van der Waals surface area contributed by atoms with Crippen molar-refractivity contribution in [2.45, 2.75) is 26.1 Å². The fraction of sp³-hybridized carbons (Fsp3) is 0.750. The number of methoxy groups -OCH3 is 1. The van der Waals surface area contributed by atoms with Crippen LogP contribution in [-0.4, -0.2) is 45.0 Å². The summed E-state index contributed by atoms with van der Waals surface area (Å²) in [5, 5.41) is 3.59. The maximum atomic E-state index is 12.4. The van der Waals surface area contributed by atoms with Crippen LogP contribution >= 0.6 is 11.3 Å². The predicted molar refractivity (Wildman–Crippen MR) is 74.4 cm³/mol. The largest absolute Gasteiger partial charge is 0.405 e. The third kappa shape index (κ3) is 5.64. The molecule has 4 nitrogen and oxygen atoms in total. The molecule has 1 N–H and O–H groups in total. The highest BCUT2D eigenvalue weighted by Gasteiger charge is 2.30. The van der Waals surface area contributed by atoms with Crippen LogP contribution in [0.3, 0.4) is 0 Å². The second-order valence-electron chi connectivity index (χ2n) is 4.36. The minimum atomic E-state index is -4.22. The van der Waals surface area contributed by atoms with Crippen molar-refractivity contribution in [2.24, 2.45) is 0 Å². The molecule has 8 heteroatoms. The lowest BCUT2D eigenvalue weighted by Gasteiger charge is -2.17. The van der Waals surface area contributed by atoms with E-state index in [-0.39, 0.29) is 0 Å². The smallest absolute Gasteiger partial charge is 0.383 e. The molecule has 116 valence electrons. The van der Waals surface area contributed by atoms with Gasteiger partial charge in [-0.15, -0.1) is 11.3 Å². The molecule has 0 aromatic carbocycles. The Hall–Kier alpha value is -0.860. The first kappa shape index (κ1) is 17.2. The number of halogens is 3. The molecule has 0 aliphatic carbocycles. The standard InChI is InChI=1S/C12H20F3N3OS/c1-4-9-10(7-16-5-6-19-3)20-11(17-9)18(2)8-12(13,14)15/h16H,4-8H2,1-3H3. The molecular weight excluding hydrogens is 291 g/mol. The van der Waals surface area contributed by atoms with Gasteiger partial charge in [-0.2, -0.15) is 13.2 Å². The number of aromatic nitrogens is 1. The highest BCUT2D eigenvalue weighted by atomic mass is 32.1. The summed E-state index contributed by atoms with van der Waals surface area (Å²) in [5.74, 6) is 0. The summed E-state index contributed by atoms with van der Waals surface area (Å²) in [6, 6.07) is 0. The third-order valence-electron chi connectivity index (χ3n) is 2.61. The molecule has 1 aromatic rings. The molecule has 0 spiro atoms. The van der Waals surface area contributed by atoms with Gasteiger partial charge in [0.25, 0.3) is 0 Å². The zero-order chi connectivity index (χ0) is 15.2. The Balaban J connectivity index is 2.67. The summed E-state index contributed by atoms with van der Waals surface area (Å²) in [6.45, 7) is 2.86. The van der Waals surface area contributed by atoms with E-state index >= 15 is 0 Å². The Kier molecular flexibility index (Phi) is 6.70. The summed E-state index contributed by atoms with van der Waals surface area (Å²) in [5.41, 5.74) is 0.851. The van der Waals surface area contributed by atoms with Crippen molar-refractivity contribution in [3.05, 3.63) is 10.6 Å². The van der Waals surface area contributed by atoms with E-state index in [4.69, 9.17) is 4.74 Å². The third-order valence-corrected chi connectivity index (χ3v) is 3.83. The molecule has 0 atom stereocenters. The summed E-state index contributed by atoms with van der Waals surface area (Å²) in [7, 11) is 3.03. The van der Waals surface area contributed by atoms with Gasteiger partial charge in [-0.3, -0.25) is 0 Å². The van der Waals surface area contributed by atoms with Crippen LogP contribution < -0.4 is 10.2 Å². The zero-order valence-electron chi connectivity index (χ0n) is 11.9. The lowest BCUT2D eigenvalue weighted by molar-refractivity contribution is -0.119. The molecule has 0 bridgehead atoms. The zero-order valence-corrected chi connectivity index (χ0v) is 12.7. The number of hydrogen-bond acceptors (Lipinski definition) is 5. The Labute approximate surface area is 120 Å². The van der Waals surface area contributed by atoms with Gasteiger partial charge in [-0.25, -0.2) is 4.98 Å². The van der Waals surface area contributed by atoms with Crippen LogP contribution in [0.15, 0.2) is 0 Å². The molecule has 1 aromatic heterocycles. The number of nitrogens with zero attached hydrogens (tertiary/aromatic N) is 2. The number of alkyl halides is 3. The Morgan fingerprint density at radius 2 is 2.10 bits per heavy atom. The van der Waals surface area contributed by atoms with E-state index in [2.05, 4.69) is 10.3 Å². The lowest BCUT2D eigenvalue weighted by Crippen LogP contribution is -2.30.